The van der Waals surface area contributed by atoms with E-state index in [1.54, 1.807) is 30.5 Å². The minimum Gasteiger partial charge on any atom is -0.366 e. The highest BCUT2D eigenvalue weighted by atomic mass is 16.1. The van der Waals surface area contributed by atoms with Crippen molar-refractivity contribution in [1.29, 1.82) is 0 Å². The molecule has 0 unspecified atom stereocenters. The summed E-state index contributed by atoms with van der Waals surface area (Å²) in [5, 5.41) is 19.7. The molecule has 6 heteroatoms. The van der Waals surface area contributed by atoms with Crippen molar-refractivity contribution in [3.05, 3.63) is 127 Å². The average molecular weight is 446 g/mol. The van der Waals surface area contributed by atoms with Gasteiger partial charge in [0.15, 0.2) is 5.82 Å². The number of H-pyrrole nitrogens is 1. The molecule has 2 aromatic carbocycles. The molecule has 34 heavy (non-hydrogen) atoms. The molecular weight excluding hydrogens is 422 g/mol. The molecule has 0 saturated heterocycles. The van der Waals surface area contributed by atoms with Crippen molar-refractivity contribution in [3.8, 4) is 0 Å². The second kappa shape index (κ2) is 11.2. The number of primary amides is 1. The lowest BCUT2D eigenvalue weighted by Gasteiger charge is -2.02. The summed E-state index contributed by atoms with van der Waals surface area (Å²) in [6.45, 7) is 0. The van der Waals surface area contributed by atoms with Crippen LogP contribution in [0.3, 0.4) is 0 Å². The number of nitrogens with zero attached hydrogens (tertiary/aromatic N) is 3. The Morgan fingerprint density at radius 1 is 0.676 bits per heavy atom. The predicted octanol–water partition coefficient (Wildman–Crippen LogP) is 7.04. The van der Waals surface area contributed by atoms with Crippen molar-refractivity contribution in [1.82, 2.24) is 10.2 Å². The number of carbonyl (C=O) groups is 1. The van der Waals surface area contributed by atoms with E-state index in [1.165, 1.54) is 0 Å². The first-order valence-electron chi connectivity index (χ1n) is 10.7. The Kier molecular flexibility index (Phi) is 7.33. The third-order valence-corrected chi connectivity index (χ3v) is 4.98. The summed E-state index contributed by atoms with van der Waals surface area (Å²) < 4.78 is 0. The van der Waals surface area contributed by atoms with E-state index in [2.05, 4.69) is 26.5 Å². The summed E-state index contributed by atoms with van der Waals surface area (Å²) in [4.78, 5) is 11.9. The number of aromatic amines is 1. The molecule has 166 valence electrons. The monoisotopic (exact) mass is 445 g/mol. The van der Waals surface area contributed by atoms with E-state index in [1.807, 2.05) is 84.9 Å². The van der Waals surface area contributed by atoms with Crippen LogP contribution >= 0.6 is 0 Å². The lowest BCUT2D eigenvalue weighted by atomic mass is 10.0. The third kappa shape index (κ3) is 5.49. The minimum absolute atomic E-state index is 0.384. The molecule has 2 heterocycles. The van der Waals surface area contributed by atoms with Crippen LogP contribution in [-0.4, -0.2) is 16.1 Å². The Balaban J connectivity index is 2.01. The van der Waals surface area contributed by atoms with Crippen LogP contribution in [0.25, 0.3) is 21.5 Å². The van der Waals surface area contributed by atoms with Crippen LogP contribution in [0.15, 0.2) is 132 Å². The van der Waals surface area contributed by atoms with Gasteiger partial charge in [-0.3, -0.25) is 9.89 Å². The molecule has 3 aromatic rings. The van der Waals surface area contributed by atoms with Gasteiger partial charge >= 0.3 is 0 Å². The third-order valence-electron chi connectivity index (χ3n) is 4.98. The molecule has 1 aromatic heterocycles. The van der Waals surface area contributed by atoms with Gasteiger partial charge in [-0.15, -0.1) is 10.2 Å². The zero-order valence-electron chi connectivity index (χ0n) is 18.4. The molecule has 0 bridgehead atoms. The first-order valence-corrected chi connectivity index (χ1v) is 10.7. The molecule has 0 radical (unpaired) electrons. The molecule has 1 aliphatic rings. The number of carbonyl (C=O) groups excluding carboxylic acids is 1. The van der Waals surface area contributed by atoms with E-state index in [-0.39, 0.29) is 0 Å². The average Bonchev–Trinajstić information content (AvgIpc) is 3.27. The molecule has 6 nitrogen and oxygen atoms in total. The molecular formula is C28H23N5O. The molecule has 0 aliphatic carbocycles. The molecule has 1 amide bonds. The van der Waals surface area contributed by atoms with Gasteiger partial charge in [0, 0.05) is 17.1 Å². The fraction of sp³-hybridized carbons (Fsp3) is 0. The number of nitrogens with one attached hydrogen (secondary N) is 1. The van der Waals surface area contributed by atoms with E-state index < -0.39 is 5.91 Å². The molecule has 0 saturated carbocycles. The van der Waals surface area contributed by atoms with Gasteiger partial charge in [-0.2, -0.15) is 5.10 Å². The maximum atomic E-state index is 11.9. The normalized spacial score (nSPS) is 10.5. The number of benzene rings is 2. The van der Waals surface area contributed by atoms with Crippen molar-refractivity contribution in [2.45, 2.75) is 0 Å². The molecule has 3 N–H and O–H groups in total. The largest absolute Gasteiger partial charge is 0.366 e. The summed E-state index contributed by atoms with van der Waals surface area (Å²) in [6.07, 6.45) is 1.65. The number of amides is 1. The van der Waals surface area contributed by atoms with Gasteiger partial charge < -0.3 is 5.73 Å². The summed E-state index contributed by atoms with van der Waals surface area (Å²) in [5.74, 6) is 0.0419. The van der Waals surface area contributed by atoms with Crippen LogP contribution in [0.4, 0.5) is 11.5 Å². The topological polar surface area (TPSA) is 96.5 Å². The second-order valence-electron chi connectivity index (χ2n) is 7.29. The van der Waals surface area contributed by atoms with Crippen molar-refractivity contribution in [3.63, 3.8) is 0 Å². The molecule has 0 fully saturated rings. The van der Waals surface area contributed by atoms with Gasteiger partial charge in [0.1, 0.15) is 5.69 Å². The van der Waals surface area contributed by atoms with Crippen LogP contribution in [0, 0.1) is 0 Å². The van der Waals surface area contributed by atoms with Crippen LogP contribution in [0.5, 0.6) is 0 Å². The van der Waals surface area contributed by atoms with Crippen molar-refractivity contribution in [2.75, 3.05) is 0 Å². The second-order valence-corrected chi connectivity index (χ2v) is 7.29. The van der Waals surface area contributed by atoms with E-state index in [4.69, 9.17) is 5.73 Å². The Morgan fingerprint density at radius 2 is 1.29 bits per heavy atom. The Hall–Kier alpha value is -4.84. The molecule has 0 spiro atoms. The van der Waals surface area contributed by atoms with Crippen LogP contribution in [0.2, 0.25) is 0 Å². The number of nitrogens with two attached hydrogens (primary N) is 1. The van der Waals surface area contributed by atoms with Crippen molar-refractivity contribution >= 4 is 39.0 Å². The number of aromatic nitrogens is 2. The highest BCUT2D eigenvalue weighted by Crippen LogP contribution is 2.42. The van der Waals surface area contributed by atoms with Gasteiger partial charge in [-0.1, -0.05) is 91.0 Å². The van der Waals surface area contributed by atoms with E-state index >= 15 is 0 Å². The highest BCUT2D eigenvalue weighted by Gasteiger charge is 2.14. The lowest BCUT2D eigenvalue weighted by Crippen LogP contribution is -2.09. The van der Waals surface area contributed by atoms with Gasteiger partial charge in [0.2, 0.25) is 5.91 Å². The fourth-order valence-electron chi connectivity index (χ4n) is 3.40. The van der Waals surface area contributed by atoms with E-state index in [0.29, 0.717) is 11.4 Å². The zero-order chi connectivity index (χ0) is 23.6. The van der Waals surface area contributed by atoms with Gasteiger partial charge in [-0.25, -0.2) is 0 Å². The highest BCUT2D eigenvalue weighted by molar-refractivity contribution is 6.13. The Morgan fingerprint density at radius 3 is 2.06 bits per heavy atom. The molecule has 1 aliphatic heterocycles. The predicted molar refractivity (Wildman–Crippen MR) is 137 cm³/mol. The van der Waals surface area contributed by atoms with Crippen molar-refractivity contribution in [2.24, 2.45) is 16.0 Å². The first kappa shape index (κ1) is 22.4. The quantitative estimate of drug-likeness (QED) is 0.328. The summed E-state index contributed by atoms with van der Waals surface area (Å²) in [7, 11) is 0. The fourth-order valence-corrected chi connectivity index (χ4v) is 3.40. The number of fused-ring (bicyclic) bond motifs is 2. The summed E-state index contributed by atoms with van der Waals surface area (Å²) in [5.41, 5.74) is 6.71. The summed E-state index contributed by atoms with van der Waals surface area (Å²) >= 11 is 0. The van der Waals surface area contributed by atoms with Crippen LogP contribution in [-0.2, 0) is 0 Å². The van der Waals surface area contributed by atoms with Gasteiger partial charge in [0.05, 0.1) is 5.39 Å². The van der Waals surface area contributed by atoms with E-state index in [0.717, 1.165) is 27.2 Å². The first-order chi connectivity index (χ1) is 16.7. The van der Waals surface area contributed by atoms with Crippen LogP contribution in [0.1, 0.15) is 10.4 Å². The van der Waals surface area contributed by atoms with E-state index in [9.17, 15) is 4.79 Å². The standard InChI is InChI=1S/C28H23N5O/c29-27(34)21-14-9-7-5-3-1-2-4-6-8-12-19-30-32-28-25-23(17-13-16-21)20-22-15-10-11-18-24(22)26(25)31-33-28/h1-20,32H,(H2,29,34). The number of hydrogen-bond donors (Lipinski definition) is 2. The minimum atomic E-state index is -0.508. The number of rotatable bonds is 1. The number of azo groups is 1. The zero-order valence-corrected chi connectivity index (χ0v) is 18.4. The smallest absolute Gasteiger partial charge is 0.248 e. The Labute approximate surface area is 197 Å². The molecule has 4 rings (SSSR count). The van der Waals surface area contributed by atoms with Gasteiger partial charge in [-0.05, 0) is 35.0 Å². The maximum absolute atomic E-state index is 11.9. The van der Waals surface area contributed by atoms with Gasteiger partial charge in [0.25, 0.3) is 0 Å². The SMILES string of the molecule is NC(=O)c1ccccccccccccn[nH]c2c3c(c4ccccc4cc3ccc1)N=N2. The van der Waals surface area contributed by atoms with Crippen molar-refractivity contribution < 1.29 is 4.79 Å². The number of hydrogen-bond acceptors (Lipinski definition) is 4. The summed E-state index contributed by atoms with van der Waals surface area (Å²) in [6, 6.07) is 35.8. The van der Waals surface area contributed by atoms with Crippen LogP contribution < -0.4 is 5.73 Å². The lowest BCUT2D eigenvalue weighted by molar-refractivity contribution is 0.100. The molecule has 0 atom stereocenters. The maximum Gasteiger partial charge on any atom is 0.248 e. The Bertz CT molecular complexity index is 1500.